The minimum Gasteiger partial charge on any atom is -0.370 e. The molecule has 0 spiro atoms. The Morgan fingerprint density at radius 2 is 2.11 bits per heavy atom. The first-order valence-corrected chi connectivity index (χ1v) is 6.65. The van der Waals surface area contributed by atoms with E-state index < -0.39 is 0 Å². The van der Waals surface area contributed by atoms with E-state index in [1.54, 1.807) is 7.05 Å². The molecule has 1 rings (SSSR count). The molecule has 0 fully saturated rings. The number of hydrogen-bond donors (Lipinski definition) is 2. The van der Waals surface area contributed by atoms with Gasteiger partial charge in [0.2, 0.25) is 5.91 Å². The Kier molecular flexibility index (Phi) is 6.05. The number of carbonyl (C=O) groups excluding carboxylic acids is 1. The second-order valence-electron chi connectivity index (χ2n) is 4.28. The van der Waals surface area contributed by atoms with Gasteiger partial charge < -0.3 is 15.5 Å². The summed E-state index contributed by atoms with van der Waals surface area (Å²) in [5.41, 5.74) is 0. The van der Waals surface area contributed by atoms with Gasteiger partial charge in [0, 0.05) is 26.2 Å². The number of amides is 1. The Hall–Kier alpha value is -1.85. The Bertz CT molecular complexity index is 421. The van der Waals surface area contributed by atoms with Crippen molar-refractivity contribution in [2.24, 2.45) is 0 Å². The van der Waals surface area contributed by atoms with Crippen molar-refractivity contribution in [2.75, 3.05) is 36.9 Å². The Morgan fingerprint density at radius 3 is 2.68 bits per heavy atom. The van der Waals surface area contributed by atoms with Crippen LogP contribution < -0.4 is 15.5 Å². The third kappa shape index (κ3) is 4.73. The van der Waals surface area contributed by atoms with Gasteiger partial charge in [-0.1, -0.05) is 6.92 Å². The van der Waals surface area contributed by atoms with Gasteiger partial charge in [0.05, 0.1) is 6.54 Å². The lowest BCUT2D eigenvalue weighted by Gasteiger charge is -2.23. The zero-order chi connectivity index (χ0) is 14.3. The maximum Gasteiger partial charge on any atom is 0.239 e. The molecule has 1 amide bonds. The fourth-order valence-corrected chi connectivity index (χ4v) is 1.78. The number of aryl methyl sites for hydroxylation is 1. The van der Waals surface area contributed by atoms with Crippen molar-refractivity contribution in [3.63, 3.8) is 0 Å². The predicted molar refractivity (Wildman–Crippen MR) is 77.5 cm³/mol. The average Bonchev–Trinajstić information content (AvgIpc) is 2.37. The van der Waals surface area contributed by atoms with Crippen LogP contribution in [-0.4, -0.2) is 42.6 Å². The molecular formula is C13H23N5O. The van der Waals surface area contributed by atoms with Crippen molar-refractivity contribution in [3.8, 4) is 0 Å². The zero-order valence-electron chi connectivity index (χ0n) is 12.2. The largest absolute Gasteiger partial charge is 0.370 e. The van der Waals surface area contributed by atoms with E-state index in [9.17, 15) is 4.79 Å². The summed E-state index contributed by atoms with van der Waals surface area (Å²) in [6.07, 6.45) is 0.955. The highest BCUT2D eigenvalue weighted by molar-refractivity contribution is 5.80. The molecule has 0 aliphatic heterocycles. The number of carbonyl (C=O) groups is 1. The third-order valence-electron chi connectivity index (χ3n) is 2.61. The summed E-state index contributed by atoms with van der Waals surface area (Å²) in [6, 6.07) is 1.88. The number of rotatable bonds is 7. The molecule has 1 aromatic heterocycles. The van der Waals surface area contributed by atoms with Gasteiger partial charge in [0.25, 0.3) is 0 Å². The highest BCUT2D eigenvalue weighted by Crippen LogP contribution is 2.16. The molecule has 6 heteroatoms. The van der Waals surface area contributed by atoms with E-state index in [2.05, 4.69) is 27.5 Å². The fraction of sp³-hybridized carbons (Fsp3) is 0.615. The van der Waals surface area contributed by atoms with Crippen LogP contribution in [0, 0.1) is 6.92 Å². The fourth-order valence-electron chi connectivity index (χ4n) is 1.78. The van der Waals surface area contributed by atoms with E-state index in [-0.39, 0.29) is 5.91 Å². The van der Waals surface area contributed by atoms with Gasteiger partial charge in [0.1, 0.15) is 17.5 Å². The van der Waals surface area contributed by atoms with Crippen LogP contribution in [0.15, 0.2) is 6.07 Å². The maximum atomic E-state index is 11.6. The summed E-state index contributed by atoms with van der Waals surface area (Å²) in [7, 11) is 1.64. The molecule has 0 saturated heterocycles. The van der Waals surface area contributed by atoms with Crippen LogP contribution in [0.4, 0.5) is 11.6 Å². The smallest absolute Gasteiger partial charge is 0.239 e. The number of nitrogens with zero attached hydrogens (tertiary/aromatic N) is 3. The normalized spacial score (nSPS) is 10.1. The zero-order valence-corrected chi connectivity index (χ0v) is 12.2. The lowest BCUT2D eigenvalue weighted by Crippen LogP contribution is -2.36. The van der Waals surface area contributed by atoms with Crippen LogP contribution in [0.5, 0.6) is 0 Å². The van der Waals surface area contributed by atoms with Crippen molar-refractivity contribution in [1.29, 1.82) is 0 Å². The summed E-state index contributed by atoms with van der Waals surface area (Å²) in [5.74, 6) is 2.26. The van der Waals surface area contributed by atoms with Crippen molar-refractivity contribution in [1.82, 2.24) is 15.3 Å². The minimum atomic E-state index is -0.0188. The Labute approximate surface area is 114 Å². The SMILES string of the molecule is CCCN(CC(=O)NC)c1cc(NCC)nc(C)n1. The van der Waals surface area contributed by atoms with E-state index >= 15 is 0 Å². The number of anilines is 2. The quantitative estimate of drug-likeness (QED) is 0.774. The maximum absolute atomic E-state index is 11.6. The number of aromatic nitrogens is 2. The highest BCUT2D eigenvalue weighted by atomic mass is 16.1. The molecule has 0 aliphatic carbocycles. The lowest BCUT2D eigenvalue weighted by atomic mass is 10.3. The predicted octanol–water partition coefficient (Wildman–Crippen LogP) is 1.18. The molecule has 6 nitrogen and oxygen atoms in total. The van der Waals surface area contributed by atoms with E-state index in [1.165, 1.54) is 0 Å². The van der Waals surface area contributed by atoms with Gasteiger partial charge in [-0.05, 0) is 20.3 Å². The van der Waals surface area contributed by atoms with Gasteiger partial charge in [0.15, 0.2) is 0 Å². The van der Waals surface area contributed by atoms with Crippen LogP contribution in [0.2, 0.25) is 0 Å². The summed E-state index contributed by atoms with van der Waals surface area (Å²) in [4.78, 5) is 22.3. The number of nitrogens with one attached hydrogen (secondary N) is 2. The van der Waals surface area contributed by atoms with Gasteiger partial charge in [-0.2, -0.15) is 0 Å². The van der Waals surface area contributed by atoms with E-state index in [0.717, 1.165) is 31.1 Å². The summed E-state index contributed by atoms with van der Waals surface area (Å²) in [5, 5.41) is 5.81. The van der Waals surface area contributed by atoms with Crippen molar-refractivity contribution in [2.45, 2.75) is 27.2 Å². The molecule has 2 N–H and O–H groups in total. The van der Waals surface area contributed by atoms with Crippen molar-refractivity contribution in [3.05, 3.63) is 11.9 Å². The van der Waals surface area contributed by atoms with Crippen molar-refractivity contribution < 1.29 is 4.79 Å². The Balaban J connectivity index is 2.96. The second kappa shape index (κ2) is 7.56. The lowest BCUT2D eigenvalue weighted by molar-refractivity contribution is -0.119. The van der Waals surface area contributed by atoms with E-state index in [1.807, 2.05) is 24.8 Å². The summed E-state index contributed by atoms with van der Waals surface area (Å²) < 4.78 is 0. The van der Waals surface area contributed by atoms with Crippen LogP contribution in [0.1, 0.15) is 26.1 Å². The number of likely N-dealkylation sites (N-methyl/N-ethyl adjacent to an activating group) is 1. The topological polar surface area (TPSA) is 70.2 Å². The molecule has 0 unspecified atom stereocenters. The molecule has 0 aromatic carbocycles. The van der Waals surface area contributed by atoms with Gasteiger partial charge in [-0.15, -0.1) is 0 Å². The summed E-state index contributed by atoms with van der Waals surface area (Å²) >= 11 is 0. The molecule has 1 heterocycles. The molecular weight excluding hydrogens is 242 g/mol. The molecule has 0 radical (unpaired) electrons. The highest BCUT2D eigenvalue weighted by Gasteiger charge is 2.13. The van der Waals surface area contributed by atoms with Gasteiger partial charge >= 0.3 is 0 Å². The molecule has 0 atom stereocenters. The minimum absolute atomic E-state index is 0.0188. The molecule has 0 saturated carbocycles. The van der Waals surface area contributed by atoms with Gasteiger partial charge in [-0.25, -0.2) is 9.97 Å². The molecule has 0 aliphatic rings. The molecule has 0 bridgehead atoms. The third-order valence-corrected chi connectivity index (χ3v) is 2.61. The molecule has 19 heavy (non-hydrogen) atoms. The van der Waals surface area contributed by atoms with Crippen LogP contribution in [0.3, 0.4) is 0 Å². The monoisotopic (exact) mass is 265 g/mol. The number of hydrogen-bond acceptors (Lipinski definition) is 5. The van der Waals surface area contributed by atoms with Crippen LogP contribution >= 0.6 is 0 Å². The molecule has 106 valence electrons. The molecule has 1 aromatic rings. The second-order valence-corrected chi connectivity index (χ2v) is 4.28. The van der Waals surface area contributed by atoms with Crippen molar-refractivity contribution >= 4 is 17.5 Å². The average molecular weight is 265 g/mol. The first-order valence-electron chi connectivity index (χ1n) is 6.65. The first kappa shape index (κ1) is 15.2. The van der Waals surface area contributed by atoms with Gasteiger partial charge in [-0.3, -0.25) is 4.79 Å². The van der Waals surface area contributed by atoms with Crippen LogP contribution in [-0.2, 0) is 4.79 Å². The van der Waals surface area contributed by atoms with E-state index in [4.69, 9.17) is 0 Å². The standard InChI is InChI=1S/C13H23N5O/c1-5-7-18(9-13(19)14-4)12-8-11(15-6-2)16-10(3)17-12/h8H,5-7,9H2,1-4H3,(H,14,19)(H,15,16,17). The van der Waals surface area contributed by atoms with Crippen LogP contribution in [0.25, 0.3) is 0 Å². The summed E-state index contributed by atoms with van der Waals surface area (Å²) in [6.45, 7) is 7.86. The van der Waals surface area contributed by atoms with E-state index in [0.29, 0.717) is 12.4 Å². The Morgan fingerprint density at radius 1 is 1.37 bits per heavy atom. The first-order chi connectivity index (χ1) is 9.10.